The molecule has 6 nitrogen and oxygen atoms in total. The second-order valence-electron chi connectivity index (χ2n) is 17.8. The SMILES string of the molecule is CCCCCCC/C=C\CCCCCCCC(=O)OCCCCCCCCCC/C=C\CCCCCCCCCC(=O)NC(CO)C(O)/C=C/CCCCCCCCCC. The molecular formula is C54H101NO5. The molecule has 3 N–H and O–H groups in total. The van der Waals surface area contributed by atoms with Crippen LogP contribution in [0.3, 0.4) is 0 Å². The van der Waals surface area contributed by atoms with Crippen molar-refractivity contribution in [3.8, 4) is 0 Å². The van der Waals surface area contributed by atoms with E-state index >= 15 is 0 Å². The van der Waals surface area contributed by atoms with Crippen LogP contribution >= 0.6 is 0 Å². The van der Waals surface area contributed by atoms with Crippen LogP contribution in [-0.2, 0) is 14.3 Å². The zero-order chi connectivity index (χ0) is 43.7. The van der Waals surface area contributed by atoms with Crippen molar-refractivity contribution in [2.75, 3.05) is 13.2 Å². The van der Waals surface area contributed by atoms with Gasteiger partial charge in [-0.05, 0) is 83.5 Å². The number of esters is 1. The normalized spacial score (nSPS) is 12.9. The number of carbonyl (C=O) groups is 2. The first kappa shape index (κ1) is 58.1. The standard InChI is InChI=1S/C54H101NO5/c1-3-5-7-9-11-13-15-16-25-28-32-36-40-44-48-54(59)60-49-45-41-37-33-29-26-23-21-19-17-18-20-22-24-27-31-35-39-43-47-53(58)55-51(50-56)52(57)46-42-38-34-30-14-12-10-8-6-4-2/h15-18,42,46,51-52,56-57H,3-14,19-41,43-45,47-50H2,1-2H3,(H,55,58)/b16-15-,18-17-,46-42+. The van der Waals surface area contributed by atoms with Crippen LogP contribution in [-0.4, -0.2) is 47.4 Å². The maximum Gasteiger partial charge on any atom is 0.305 e. The Morgan fingerprint density at radius 3 is 1.18 bits per heavy atom. The molecule has 0 aromatic carbocycles. The van der Waals surface area contributed by atoms with E-state index in [1.165, 1.54) is 193 Å². The lowest BCUT2D eigenvalue weighted by atomic mass is 10.1. The number of nitrogens with one attached hydrogen (secondary N) is 1. The molecule has 0 aromatic heterocycles. The van der Waals surface area contributed by atoms with Crippen molar-refractivity contribution >= 4 is 11.9 Å². The quantitative estimate of drug-likeness (QED) is 0.0322. The monoisotopic (exact) mass is 844 g/mol. The van der Waals surface area contributed by atoms with Crippen molar-refractivity contribution < 1.29 is 24.5 Å². The van der Waals surface area contributed by atoms with Gasteiger partial charge < -0.3 is 20.3 Å². The number of ether oxygens (including phenoxy) is 1. The van der Waals surface area contributed by atoms with Crippen LogP contribution in [0.5, 0.6) is 0 Å². The Bertz CT molecular complexity index is 977. The summed E-state index contributed by atoms with van der Waals surface area (Å²) in [6.07, 6.45) is 60.1. The van der Waals surface area contributed by atoms with E-state index in [-0.39, 0.29) is 18.5 Å². The number of carbonyl (C=O) groups excluding carboxylic acids is 2. The van der Waals surface area contributed by atoms with Crippen LogP contribution in [0.25, 0.3) is 0 Å². The molecule has 0 saturated carbocycles. The van der Waals surface area contributed by atoms with Gasteiger partial charge in [0.1, 0.15) is 0 Å². The Labute approximate surface area is 373 Å². The highest BCUT2D eigenvalue weighted by Gasteiger charge is 2.18. The first-order valence-electron chi connectivity index (χ1n) is 26.3. The Hall–Kier alpha value is -1.92. The minimum Gasteiger partial charge on any atom is -0.466 e. The van der Waals surface area contributed by atoms with Gasteiger partial charge >= 0.3 is 5.97 Å². The predicted molar refractivity (Wildman–Crippen MR) is 259 cm³/mol. The van der Waals surface area contributed by atoms with E-state index in [9.17, 15) is 19.8 Å². The third kappa shape index (κ3) is 45.6. The lowest BCUT2D eigenvalue weighted by Gasteiger charge is -2.20. The zero-order valence-electron chi connectivity index (χ0n) is 39.9. The van der Waals surface area contributed by atoms with E-state index < -0.39 is 12.1 Å². The summed E-state index contributed by atoms with van der Waals surface area (Å²) in [5, 5.41) is 22.9. The van der Waals surface area contributed by atoms with E-state index in [0.717, 1.165) is 51.4 Å². The molecule has 352 valence electrons. The number of unbranched alkanes of at least 4 members (excludes halogenated alkanes) is 33. The van der Waals surface area contributed by atoms with Crippen LogP contribution in [0.2, 0.25) is 0 Å². The molecule has 0 heterocycles. The largest absolute Gasteiger partial charge is 0.466 e. The van der Waals surface area contributed by atoms with Crippen LogP contribution in [0.15, 0.2) is 36.5 Å². The lowest BCUT2D eigenvalue weighted by Crippen LogP contribution is -2.45. The van der Waals surface area contributed by atoms with Gasteiger partial charge in [0.05, 0.1) is 25.4 Å². The molecule has 2 atom stereocenters. The topological polar surface area (TPSA) is 95.9 Å². The summed E-state index contributed by atoms with van der Waals surface area (Å²) in [5.41, 5.74) is 0. The minimum absolute atomic E-state index is 0.00618. The number of rotatable bonds is 48. The molecule has 0 aliphatic heterocycles. The van der Waals surface area contributed by atoms with Gasteiger partial charge in [0, 0.05) is 12.8 Å². The molecular weight excluding hydrogens is 743 g/mol. The van der Waals surface area contributed by atoms with Gasteiger partial charge in [-0.3, -0.25) is 9.59 Å². The Morgan fingerprint density at radius 2 is 0.783 bits per heavy atom. The maximum atomic E-state index is 12.4. The molecule has 6 heteroatoms. The second kappa shape index (κ2) is 49.7. The smallest absolute Gasteiger partial charge is 0.305 e. The molecule has 2 unspecified atom stereocenters. The average Bonchev–Trinajstić information content (AvgIpc) is 3.25. The molecule has 0 aromatic rings. The average molecular weight is 844 g/mol. The third-order valence-electron chi connectivity index (χ3n) is 11.9. The summed E-state index contributed by atoms with van der Waals surface area (Å²) in [7, 11) is 0. The van der Waals surface area contributed by atoms with Gasteiger partial charge in [-0.15, -0.1) is 0 Å². The fraction of sp³-hybridized carbons (Fsp3) is 0.852. The summed E-state index contributed by atoms with van der Waals surface area (Å²) >= 11 is 0. The Balaban J connectivity index is 3.45. The predicted octanol–water partition coefficient (Wildman–Crippen LogP) is 15.7. The van der Waals surface area contributed by atoms with Crippen LogP contribution in [0.1, 0.15) is 271 Å². The maximum absolute atomic E-state index is 12.4. The lowest BCUT2D eigenvalue weighted by molar-refractivity contribution is -0.143. The number of aliphatic hydroxyl groups excluding tert-OH is 2. The minimum atomic E-state index is -0.849. The van der Waals surface area contributed by atoms with Gasteiger partial charge in [-0.1, -0.05) is 211 Å². The number of aliphatic hydroxyl groups is 2. The molecule has 0 saturated heterocycles. The number of hydrogen-bond donors (Lipinski definition) is 3. The fourth-order valence-electron chi connectivity index (χ4n) is 7.80. The highest BCUT2D eigenvalue weighted by atomic mass is 16.5. The van der Waals surface area contributed by atoms with Gasteiger partial charge in [0.2, 0.25) is 5.91 Å². The Kier molecular flexibility index (Phi) is 48.1. The highest BCUT2D eigenvalue weighted by molar-refractivity contribution is 5.76. The van der Waals surface area contributed by atoms with Crippen molar-refractivity contribution in [2.24, 2.45) is 0 Å². The van der Waals surface area contributed by atoms with Gasteiger partial charge in [-0.25, -0.2) is 0 Å². The molecule has 0 rings (SSSR count). The van der Waals surface area contributed by atoms with E-state index in [2.05, 4.69) is 43.5 Å². The van der Waals surface area contributed by atoms with Crippen LogP contribution < -0.4 is 5.32 Å². The first-order chi connectivity index (χ1) is 29.5. The molecule has 0 fully saturated rings. The summed E-state index contributed by atoms with van der Waals surface area (Å²) < 4.78 is 5.46. The van der Waals surface area contributed by atoms with Gasteiger partial charge in [-0.2, -0.15) is 0 Å². The van der Waals surface area contributed by atoms with E-state index in [4.69, 9.17) is 4.74 Å². The van der Waals surface area contributed by atoms with Crippen LogP contribution in [0.4, 0.5) is 0 Å². The summed E-state index contributed by atoms with van der Waals surface area (Å²) in [6, 6.07) is -0.633. The Morgan fingerprint density at radius 1 is 0.450 bits per heavy atom. The summed E-state index contributed by atoms with van der Waals surface area (Å²) in [4.78, 5) is 24.4. The van der Waals surface area contributed by atoms with Gasteiger partial charge in [0.25, 0.3) is 0 Å². The van der Waals surface area contributed by atoms with Crippen molar-refractivity contribution in [2.45, 2.75) is 283 Å². The van der Waals surface area contributed by atoms with Crippen molar-refractivity contribution in [1.29, 1.82) is 0 Å². The molecule has 0 aliphatic carbocycles. The fourth-order valence-corrected chi connectivity index (χ4v) is 7.80. The van der Waals surface area contributed by atoms with E-state index in [1.54, 1.807) is 6.08 Å². The molecule has 1 amide bonds. The zero-order valence-corrected chi connectivity index (χ0v) is 39.9. The first-order valence-corrected chi connectivity index (χ1v) is 26.3. The molecule has 0 aliphatic rings. The number of amides is 1. The summed E-state index contributed by atoms with van der Waals surface area (Å²) in [5.74, 6) is -0.0867. The van der Waals surface area contributed by atoms with E-state index in [1.807, 2.05) is 6.08 Å². The molecule has 60 heavy (non-hydrogen) atoms. The number of allylic oxidation sites excluding steroid dienone is 5. The van der Waals surface area contributed by atoms with E-state index in [0.29, 0.717) is 19.4 Å². The number of hydrogen-bond acceptors (Lipinski definition) is 5. The van der Waals surface area contributed by atoms with Crippen molar-refractivity contribution in [3.05, 3.63) is 36.5 Å². The van der Waals surface area contributed by atoms with Crippen LogP contribution in [0, 0.1) is 0 Å². The molecule has 0 bridgehead atoms. The second-order valence-corrected chi connectivity index (χ2v) is 17.8. The summed E-state index contributed by atoms with van der Waals surface area (Å²) in [6.45, 7) is 4.85. The van der Waals surface area contributed by atoms with Crippen molar-refractivity contribution in [3.63, 3.8) is 0 Å². The van der Waals surface area contributed by atoms with Gasteiger partial charge in [0.15, 0.2) is 0 Å². The molecule has 0 spiro atoms. The van der Waals surface area contributed by atoms with Crippen molar-refractivity contribution in [1.82, 2.24) is 5.32 Å². The third-order valence-corrected chi connectivity index (χ3v) is 11.9. The molecule has 0 radical (unpaired) electrons. The highest BCUT2D eigenvalue weighted by Crippen LogP contribution is 2.15.